The van der Waals surface area contributed by atoms with Gasteiger partial charge in [-0.15, -0.1) is 0 Å². The monoisotopic (exact) mass is 311 g/mol. The first-order valence-corrected chi connectivity index (χ1v) is 7.28. The van der Waals surface area contributed by atoms with Gasteiger partial charge in [-0.25, -0.2) is 17.5 Å². The van der Waals surface area contributed by atoms with E-state index in [0.717, 1.165) is 6.07 Å². The van der Waals surface area contributed by atoms with Crippen LogP contribution >= 0.6 is 11.6 Å². The molecule has 0 saturated carbocycles. The molecule has 8 heteroatoms. The van der Waals surface area contributed by atoms with Crippen LogP contribution < -0.4 is 4.72 Å². The number of sulfonamides is 1. The van der Waals surface area contributed by atoms with E-state index in [2.05, 4.69) is 4.72 Å². The van der Waals surface area contributed by atoms with Crippen LogP contribution in [-0.2, 0) is 21.4 Å². The van der Waals surface area contributed by atoms with E-state index in [1.165, 1.54) is 13.2 Å². The maximum absolute atomic E-state index is 13.9. The first-order valence-electron chi connectivity index (χ1n) is 5.42. The van der Waals surface area contributed by atoms with E-state index in [1.54, 1.807) is 6.92 Å². The quantitative estimate of drug-likeness (QED) is 0.830. The second-order valence-electron chi connectivity index (χ2n) is 4.01. The molecule has 0 aliphatic carbocycles. The van der Waals surface area contributed by atoms with E-state index in [9.17, 15) is 12.8 Å². The highest BCUT2D eigenvalue weighted by molar-refractivity contribution is 7.89. The van der Waals surface area contributed by atoms with Crippen molar-refractivity contribution >= 4 is 21.6 Å². The molecule has 1 atom stereocenters. The van der Waals surface area contributed by atoms with Crippen LogP contribution in [0.15, 0.2) is 17.0 Å². The third-order valence-electron chi connectivity index (χ3n) is 2.31. The summed E-state index contributed by atoms with van der Waals surface area (Å²) in [6, 6.07) is 1.65. The summed E-state index contributed by atoms with van der Waals surface area (Å²) in [7, 11) is -2.64. The van der Waals surface area contributed by atoms with Crippen molar-refractivity contribution in [1.82, 2.24) is 4.72 Å². The molecular weight excluding hydrogens is 297 g/mol. The van der Waals surface area contributed by atoms with Gasteiger partial charge in [0.25, 0.3) is 0 Å². The van der Waals surface area contributed by atoms with Crippen molar-refractivity contribution in [1.29, 1.82) is 0 Å². The predicted octanol–water partition coefficient (Wildman–Crippen LogP) is 1.28. The normalized spacial score (nSPS) is 13.5. The average molecular weight is 312 g/mol. The van der Waals surface area contributed by atoms with Gasteiger partial charge in [0.1, 0.15) is 10.7 Å². The number of ether oxygens (including phenoxy) is 1. The number of hydrogen-bond acceptors (Lipinski definition) is 4. The molecule has 0 aliphatic rings. The highest BCUT2D eigenvalue weighted by Gasteiger charge is 2.24. The molecule has 0 aliphatic heterocycles. The molecule has 2 N–H and O–H groups in total. The Morgan fingerprint density at radius 3 is 2.68 bits per heavy atom. The number of methoxy groups -OCH3 is 1. The Balaban J connectivity index is 3.18. The Bertz CT molecular complexity index is 550. The summed E-state index contributed by atoms with van der Waals surface area (Å²) >= 11 is 5.71. The van der Waals surface area contributed by atoms with Gasteiger partial charge in [0.05, 0.1) is 13.2 Å². The standard InChI is InChI=1S/C11H15ClFNO4S/c1-7(6-18-2)14-19(16,17)10-4-9(12)3-8(5-15)11(10)13/h3-4,7,14-15H,5-6H2,1-2H3. The van der Waals surface area contributed by atoms with Gasteiger partial charge in [0, 0.05) is 23.7 Å². The minimum absolute atomic E-state index is 0.0326. The minimum atomic E-state index is -4.07. The van der Waals surface area contributed by atoms with Crippen molar-refractivity contribution in [3.63, 3.8) is 0 Å². The van der Waals surface area contributed by atoms with Gasteiger partial charge in [-0.3, -0.25) is 0 Å². The number of aliphatic hydroxyl groups is 1. The molecule has 1 aromatic carbocycles. The number of benzene rings is 1. The summed E-state index contributed by atoms with van der Waals surface area (Å²) in [5.41, 5.74) is -0.174. The van der Waals surface area contributed by atoms with E-state index in [4.69, 9.17) is 21.4 Å². The van der Waals surface area contributed by atoms with Crippen LogP contribution in [0, 0.1) is 5.82 Å². The fourth-order valence-electron chi connectivity index (χ4n) is 1.54. The second-order valence-corrected chi connectivity index (χ2v) is 6.13. The van der Waals surface area contributed by atoms with Gasteiger partial charge in [0.2, 0.25) is 10.0 Å². The zero-order valence-corrected chi connectivity index (χ0v) is 12.1. The zero-order chi connectivity index (χ0) is 14.6. The Kier molecular flexibility index (Phi) is 5.69. The molecule has 0 bridgehead atoms. The van der Waals surface area contributed by atoms with Gasteiger partial charge in [-0.2, -0.15) is 0 Å². The summed E-state index contributed by atoms with van der Waals surface area (Å²) in [5, 5.41) is 9.00. The van der Waals surface area contributed by atoms with Crippen molar-refractivity contribution in [2.24, 2.45) is 0 Å². The van der Waals surface area contributed by atoms with E-state index in [1.807, 2.05) is 0 Å². The molecule has 0 aromatic heterocycles. The Labute approximate surface area is 116 Å². The third-order valence-corrected chi connectivity index (χ3v) is 4.12. The molecule has 1 rings (SSSR count). The Morgan fingerprint density at radius 2 is 2.16 bits per heavy atom. The summed E-state index contributed by atoms with van der Waals surface area (Å²) < 4.78 is 45.0. The molecule has 108 valence electrons. The van der Waals surface area contributed by atoms with E-state index in [0.29, 0.717) is 0 Å². The van der Waals surface area contributed by atoms with E-state index in [-0.39, 0.29) is 17.2 Å². The molecular formula is C11H15ClFNO4S. The van der Waals surface area contributed by atoms with Gasteiger partial charge in [0.15, 0.2) is 0 Å². The van der Waals surface area contributed by atoms with Crippen LogP contribution in [-0.4, -0.2) is 33.3 Å². The highest BCUT2D eigenvalue weighted by Crippen LogP contribution is 2.24. The molecule has 1 aromatic rings. The summed E-state index contributed by atoms with van der Waals surface area (Å²) in [6.07, 6.45) is 0. The highest BCUT2D eigenvalue weighted by atomic mass is 35.5. The Hall–Kier alpha value is -0.730. The molecule has 0 fully saturated rings. The molecule has 1 unspecified atom stereocenters. The molecule has 0 radical (unpaired) electrons. The van der Waals surface area contributed by atoms with Crippen molar-refractivity contribution in [3.05, 3.63) is 28.5 Å². The molecule has 0 amide bonds. The van der Waals surface area contributed by atoms with Gasteiger partial charge >= 0.3 is 0 Å². The summed E-state index contributed by atoms with van der Waals surface area (Å²) in [5.74, 6) is -1.01. The van der Waals surface area contributed by atoms with Crippen molar-refractivity contribution in [2.75, 3.05) is 13.7 Å². The summed E-state index contributed by atoms with van der Waals surface area (Å²) in [6.45, 7) is 1.09. The lowest BCUT2D eigenvalue weighted by atomic mass is 10.2. The number of halogens is 2. The van der Waals surface area contributed by atoms with E-state index < -0.39 is 33.4 Å². The molecule has 19 heavy (non-hydrogen) atoms. The van der Waals surface area contributed by atoms with E-state index >= 15 is 0 Å². The largest absolute Gasteiger partial charge is 0.392 e. The van der Waals surface area contributed by atoms with Crippen LogP contribution in [0.5, 0.6) is 0 Å². The smallest absolute Gasteiger partial charge is 0.243 e. The minimum Gasteiger partial charge on any atom is -0.392 e. The second kappa shape index (κ2) is 6.62. The zero-order valence-electron chi connectivity index (χ0n) is 10.5. The number of hydrogen-bond donors (Lipinski definition) is 2. The lowest BCUT2D eigenvalue weighted by Gasteiger charge is -2.14. The number of nitrogens with one attached hydrogen (secondary N) is 1. The van der Waals surface area contributed by atoms with Gasteiger partial charge < -0.3 is 9.84 Å². The summed E-state index contributed by atoms with van der Waals surface area (Å²) in [4.78, 5) is -0.591. The lowest BCUT2D eigenvalue weighted by Crippen LogP contribution is -2.36. The lowest BCUT2D eigenvalue weighted by molar-refractivity contribution is 0.180. The van der Waals surface area contributed by atoms with Crippen LogP contribution in [0.1, 0.15) is 12.5 Å². The SMILES string of the molecule is COCC(C)NS(=O)(=O)c1cc(Cl)cc(CO)c1F. The van der Waals surface area contributed by atoms with Crippen LogP contribution in [0.2, 0.25) is 5.02 Å². The van der Waals surface area contributed by atoms with Crippen LogP contribution in [0.3, 0.4) is 0 Å². The predicted molar refractivity (Wildman–Crippen MR) is 69.0 cm³/mol. The van der Waals surface area contributed by atoms with Crippen LogP contribution in [0.4, 0.5) is 4.39 Å². The van der Waals surface area contributed by atoms with Gasteiger partial charge in [-0.1, -0.05) is 11.6 Å². The first-order chi connectivity index (χ1) is 8.81. The van der Waals surface area contributed by atoms with Crippen molar-refractivity contribution in [2.45, 2.75) is 24.5 Å². The molecule has 0 spiro atoms. The average Bonchev–Trinajstić information content (AvgIpc) is 2.31. The fourth-order valence-corrected chi connectivity index (χ4v) is 3.22. The third kappa shape index (κ3) is 4.12. The Morgan fingerprint density at radius 1 is 1.53 bits per heavy atom. The maximum Gasteiger partial charge on any atom is 0.243 e. The fraction of sp³-hybridized carbons (Fsp3) is 0.455. The number of aliphatic hydroxyl groups excluding tert-OH is 1. The molecule has 0 heterocycles. The van der Waals surface area contributed by atoms with Crippen LogP contribution in [0.25, 0.3) is 0 Å². The topological polar surface area (TPSA) is 75.6 Å². The maximum atomic E-state index is 13.9. The van der Waals surface area contributed by atoms with Gasteiger partial charge in [-0.05, 0) is 19.1 Å². The van der Waals surface area contributed by atoms with Crippen molar-refractivity contribution < 1.29 is 22.7 Å². The molecule has 5 nitrogen and oxygen atoms in total. The number of rotatable bonds is 6. The first kappa shape index (κ1) is 16.3. The van der Waals surface area contributed by atoms with Crippen molar-refractivity contribution in [3.8, 4) is 0 Å². The molecule has 0 saturated heterocycles.